The topological polar surface area (TPSA) is 86.0 Å². The van der Waals surface area contributed by atoms with Crippen LogP contribution in [-0.2, 0) is 6.18 Å². The van der Waals surface area contributed by atoms with Crippen LogP contribution < -0.4 is 14.9 Å². The number of alkyl halides is 3. The number of methoxy groups -OCH3 is 1. The molecule has 0 bridgehead atoms. The zero-order valence-corrected chi connectivity index (χ0v) is 15.3. The van der Waals surface area contributed by atoms with E-state index in [1.165, 1.54) is 31.4 Å². The summed E-state index contributed by atoms with van der Waals surface area (Å²) in [6.45, 7) is 3.56. The maximum Gasteiger partial charge on any atom is 0.416 e. The molecular weight excluding hydrogens is 379 g/mol. The fourth-order valence-electron chi connectivity index (χ4n) is 2.27. The van der Waals surface area contributed by atoms with Gasteiger partial charge in [-0.2, -0.15) is 18.3 Å². The molecule has 2 aromatic carbocycles. The van der Waals surface area contributed by atoms with Crippen molar-refractivity contribution in [3.8, 4) is 11.5 Å². The van der Waals surface area contributed by atoms with Crippen molar-refractivity contribution in [2.75, 3.05) is 12.5 Å². The summed E-state index contributed by atoms with van der Waals surface area (Å²) in [5.41, 5.74) is 1.49. The van der Waals surface area contributed by atoms with Gasteiger partial charge in [0.1, 0.15) is 0 Å². The Labute approximate surface area is 158 Å². The molecule has 0 radical (unpaired) electrons. The quantitative estimate of drug-likeness (QED) is 0.410. The van der Waals surface area contributed by atoms with Gasteiger partial charge in [-0.3, -0.25) is 15.5 Å². The van der Waals surface area contributed by atoms with Crippen LogP contribution in [0.2, 0.25) is 0 Å². The lowest BCUT2D eigenvalue weighted by molar-refractivity contribution is -0.385. The molecule has 2 rings (SSSR count). The Morgan fingerprint density at radius 3 is 2.50 bits per heavy atom. The minimum Gasteiger partial charge on any atom is -0.493 e. The Morgan fingerprint density at radius 1 is 1.21 bits per heavy atom. The van der Waals surface area contributed by atoms with Gasteiger partial charge >= 0.3 is 6.18 Å². The lowest BCUT2D eigenvalue weighted by atomic mass is 10.1. The maximum atomic E-state index is 12.7. The van der Waals surface area contributed by atoms with Crippen LogP contribution in [0.15, 0.2) is 41.5 Å². The fraction of sp³-hybridized carbons (Fsp3) is 0.278. The van der Waals surface area contributed by atoms with Crippen LogP contribution in [0.4, 0.5) is 24.5 Å². The number of ether oxygens (including phenoxy) is 2. The number of rotatable bonds is 7. The Balaban J connectivity index is 2.32. The first kappa shape index (κ1) is 21.0. The molecule has 28 heavy (non-hydrogen) atoms. The number of nitrogens with zero attached hydrogens (tertiary/aromatic N) is 2. The minimum absolute atomic E-state index is 0.0842. The van der Waals surface area contributed by atoms with Crippen molar-refractivity contribution in [3.63, 3.8) is 0 Å². The molecule has 0 unspecified atom stereocenters. The van der Waals surface area contributed by atoms with Gasteiger partial charge in [0.25, 0.3) is 5.69 Å². The van der Waals surface area contributed by atoms with E-state index in [9.17, 15) is 23.3 Å². The van der Waals surface area contributed by atoms with Gasteiger partial charge in [0.05, 0.1) is 47.2 Å². The highest BCUT2D eigenvalue weighted by Crippen LogP contribution is 2.35. The van der Waals surface area contributed by atoms with Gasteiger partial charge in [-0.1, -0.05) is 6.07 Å². The van der Waals surface area contributed by atoms with Gasteiger partial charge in [-0.15, -0.1) is 0 Å². The van der Waals surface area contributed by atoms with Gasteiger partial charge in [-0.05, 0) is 38.1 Å². The highest BCUT2D eigenvalue weighted by Gasteiger charge is 2.30. The van der Waals surface area contributed by atoms with Crippen molar-refractivity contribution in [1.82, 2.24) is 0 Å². The van der Waals surface area contributed by atoms with E-state index < -0.39 is 16.7 Å². The SMILES string of the molecule is COc1cc([N+](=O)[O-])c(C=NNc2cccc(C(F)(F)F)c2)cc1OC(C)C. The van der Waals surface area contributed by atoms with Crippen molar-refractivity contribution in [1.29, 1.82) is 0 Å². The summed E-state index contributed by atoms with van der Waals surface area (Å²) < 4.78 is 48.9. The third-order valence-corrected chi connectivity index (χ3v) is 3.46. The minimum atomic E-state index is -4.49. The molecule has 0 aliphatic heterocycles. The number of benzene rings is 2. The van der Waals surface area contributed by atoms with E-state index in [0.29, 0.717) is 0 Å². The molecule has 0 saturated carbocycles. The molecule has 0 aliphatic carbocycles. The molecule has 150 valence electrons. The van der Waals surface area contributed by atoms with Gasteiger partial charge < -0.3 is 9.47 Å². The van der Waals surface area contributed by atoms with E-state index in [2.05, 4.69) is 10.5 Å². The smallest absolute Gasteiger partial charge is 0.416 e. The molecule has 0 aliphatic rings. The van der Waals surface area contributed by atoms with Crippen LogP contribution in [0, 0.1) is 10.1 Å². The van der Waals surface area contributed by atoms with Gasteiger partial charge in [0.2, 0.25) is 0 Å². The molecule has 0 fully saturated rings. The van der Waals surface area contributed by atoms with Crippen molar-refractivity contribution in [3.05, 3.63) is 57.6 Å². The first-order valence-electron chi connectivity index (χ1n) is 8.11. The molecule has 0 amide bonds. The third-order valence-electron chi connectivity index (χ3n) is 3.46. The molecule has 10 heteroatoms. The number of nitro groups is 1. The second-order valence-corrected chi connectivity index (χ2v) is 5.93. The van der Waals surface area contributed by atoms with E-state index in [0.717, 1.165) is 18.3 Å². The Morgan fingerprint density at radius 2 is 1.93 bits per heavy atom. The standard InChI is InChI=1S/C18H18F3N3O4/c1-11(2)28-17-7-12(15(24(25)26)9-16(17)27-3)10-22-23-14-6-4-5-13(8-14)18(19,20)21/h4-11,23H,1-3H3. The zero-order chi connectivity index (χ0) is 20.9. The van der Waals surface area contributed by atoms with Crippen LogP contribution in [-0.4, -0.2) is 24.4 Å². The molecule has 1 N–H and O–H groups in total. The largest absolute Gasteiger partial charge is 0.493 e. The summed E-state index contributed by atoms with van der Waals surface area (Å²) in [5.74, 6) is 0.465. The molecule has 0 heterocycles. The number of nitro benzene ring substituents is 1. The number of nitrogens with one attached hydrogen (secondary N) is 1. The molecule has 0 spiro atoms. The summed E-state index contributed by atoms with van der Waals surface area (Å²) in [7, 11) is 1.36. The van der Waals surface area contributed by atoms with Crippen LogP contribution in [0.1, 0.15) is 25.0 Å². The Bertz CT molecular complexity index is 883. The van der Waals surface area contributed by atoms with Crippen molar-refractivity contribution in [2.45, 2.75) is 26.1 Å². The maximum absolute atomic E-state index is 12.7. The van der Waals surface area contributed by atoms with Crippen molar-refractivity contribution >= 4 is 17.6 Å². The predicted molar refractivity (Wildman–Crippen MR) is 98.1 cm³/mol. The van der Waals surface area contributed by atoms with E-state index in [-0.39, 0.29) is 34.5 Å². The van der Waals surface area contributed by atoms with Crippen LogP contribution in [0.25, 0.3) is 0 Å². The lowest BCUT2D eigenvalue weighted by Crippen LogP contribution is -2.08. The fourth-order valence-corrected chi connectivity index (χ4v) is 2.27. The first-order chi connectivity index (χ1) is 13.1. The van der Waals surface area contributed by atoms with E-state index >= 15 is 0 Å². The third kappa shape index (κ3) is 5.35. The summed E-state index contributed by atoms with van der Waals surface area (Å²) in [6.07, 6.45) is -3.56. The molecular formula is C18H18F3N3O4. The molecule has 2 aromatic rings. The van der Waals surface area contributed by atoms with E-state index in [4.69, 9.17) is 9.47 Å². The van der Waals surface area contributed by atoms with Gasteiger partial charge in [0, 0.05) is 0 Å². The number of hydrogen-bond acceptors (Lipinski definition) is 6. The van der Waals surface area contributed by atoms with Crippen LogP contribution >= 0.6 is 0 Å². The van der Waals surface area contributed by atoms with E-state index in [1.807, 2.05) is 0 Å². The number of hydrazone groups is 1. The molecule has 0 saturated heterocycles. The molecule has 0 atom stereocenters. The number of hydrogen-bond donors (Lipinski definition) is 1. The van der Waals surface area contributed by atoms with Crippen LogP contribution in [0.5, 0.6) is 11.5 Å². The molecule has 0 aromatic heterocycles. The Hall–Kier alpha value is -3.30. The second-order valence-electron chi connectivity index (χ2n) is 5.93. The lowest BCUT2D eigenvalue weighted by Gasteiger charge is -2.14. The molecule has 7 nitrogen and oxygen atoms in total. The Kier molecular flexibility index (Phi) is 6.45. The van der Waals surface area contributed by atoms with Gasteiger partial charge in [-0.25, -0.2) is 0 Å². The zero-order valence-electron chi connectivity index (χ0n) is 15.3. The summed E-state index contributed by atoms with van der Waals surface area (Å²) in [6, 6.07) is 7.01. The average Bonchev–Trinajstić information content (AvgIpc) is 2.60. The monoisotopic (exact) mass is 397 g/mol. The van der Waals surface area contributed by atoms with Crippen molar-refractivity contribution in [2.24, 2.45) is 5.10 Å². The van der Waals surface area contributed by atoms with Gasteiger partial charge in [0.15, 0.2) is 11.5 Å². The average molecular weight is 397 g/mol. The predicted octanol–water partition coefficient (Wildman–Crippen LogP) is 4.86. The summed E-state index contributed by atoms with van der Waals surface area (Å²) in [4.78, 5) is 10.7. The number of halogens is 3. The number of anilines is 1. The van der Waals surface area contributed by atoms with Crippen molar-refractivity contribution < 1.29 is 27.6 Å². The van der Waals surface area contributed by atoms with E-state index in [1.54, 1.807) is 13.8 Å². The summed E-state index contributed by atoms with van der Waals surface area (Å²) >= 11 is 0. The van der Waals surface area contributed by atoms with Crippen LogP contribution in [0.3, 0.4) is 0 Å². The first-order valence-corrected chi connectivity index (χ1v) is 8.11. The second kappa shape index (κ2) is 8.59. The highest BCUT2D eigenvalue weighted by molar-refractivity contribution is 5.87. The highest BCUT2D eigenvalue weighted by atomic mass is 19.4. The summed E-state index contributed by atoms with van der Waals surface area (Å²) in [5, 5.41) is 15.1. The normalized spacial score (nSPS) is 11.7.